The number of carbonyl (C=O) groups is 1. The van der Waals surface area contributed by atoms with Crippen LogP contribution in [0.5, 0.6) is 0 Å². The maximum atomic E-state index is 12.8. The van der Waals surface area contributed by atoms with Gasteiger partial charge in [-0.2, -0.15) is 0 Å². The largest absolute Gasteiger partial charge is 0.462 e. The van der Waals surface area contributed by atoms with Crippen LogP contribution in [-0.4, -0.2) is 53.5 Å². The summed E-state index contributed by atoms with van der Waals surface area (Å²) in [4.78, 5) is 12.1. The molecule has 0 spiro atoms. The van der Waals surface area contributed by atoms with Gasteiger partial charge in [0.05, 0.1) is 17.8 Å². The van der Waals surface area contributed by atoms with Crippen LogP contribution < -0.4 is 0 Å². The van der Waals surface area contributed by atoms with Crippen LogP contribution in [-0.2, 0) is 34.6 Å². The number of hydrogen-bond donors (Lipinski definition) is 2. The van der Waals surface area contributed by atoms with Gasteiger partial charge < -0.3 is 29.2 Å². The minimum absolute atomic E-state index is 0.0580. The number of aryl methyl sites for hydroxylation is 1. The van der Waals surface area contributed by atoms with Gasteiger partial charge in [-0.3, -0.25) is 4.79 Å². The summed E-state index contributed by atoms with van der Waals surface area (Å²) in [5, 5.41) is 24.8. The standard InChI is InChI=1S/C33H48O7/c1-16-11-12-19-23-21(16)27(37-10)40-28(31(23,8)14-29(19,4)5)39-26-24(35)22-17(2)13-20(38-18(3)34)25-30(6,7)15-32(26,9)33(22,25)36/h11-12,17,20,22,24-28,35-36H,13-15H2,1-10H3/t17-,20+,22-,24-,25+,26+,27+,28-,31+,32-,33-/m1/s1. The first-order valence-electron chi connectivity index (χ1n) is 15.0. The second-order valence-corrected chi connectivity index (χ2v) is 15.6. The van der Waals surface area contributed by atoms with Crippen LogP contribution in [0, 0.1) is 35.5 Å². The summed E-state index contributed by atoms with van der Waals surface area (Å²) in [5.74, 6) is -1.11. The summed E-state index contributed by atoms with van der Waals surface area (Å²) in [6, 6.07) is 4.39. The lowest BCUT2D eigenvalue weighted by Crippen LogP contribution is -2.60. The van der Waals surface area contributed by atoms with Crippen molar-refractivity contribution in [1.82, 2.24) is 0 Å². The third kappa shape index (κ3) is 3.39. The fourth-order valence-corrected chi connectivity index (χ4v) is 11.0. The number of hydrogen-bond acceptors (Lipinski definition) is 7. The highest BCUT2D eigenvalue weighted by Crippen LogP contribution is 2.73. The number of benzene rings is 1. The molecule has 1 aromatic carbocycles. The number of aliphatic hydroxyl groups is 2. The molecule has 0 amide bonds. The summed E-state index contributed by atoms with van der Waals surface area (Å²) < 4.78 is 25.5. The molecule has 11 atom stereocenters. The van der Waals surface area contributed by atoms with Crippen LogP contribution in [0.1, 0.15) is 103 Å². The lowest BCUT2D eigenvalue weighted by Gasteiger charge is -2.52. The Labute approximate surface area is 238 Å². The molecule has 0 saturated heterocycles. The van der Waals surface area contributed by atoms with Crippen molar-refractivity contribution in [3.05, 3.63) is 34.4 Å². The zero-order valence-electron chi connectivity index (χ0n) is 25.8. The lowest BCUT2D eigenvalue weighted by atomic mass is 9.58. The first-order valence-corrected chi connectivity index (χ1v) is 15.0. The molecule has 3 fully saturated rings. The summed E-state index contributed by atoms with van der Waals surface area (Å²) in [7, 11) is 1.66. The van der Waals surface area contributed by atoms with Crippen LogP contribution in [0.4, 0.5) is 0 Å². The van der Waals surface area contributed by atoms with E-state index >= 15 is 0 Å². The Morgan fingerprint density at radius 1 is 1.10 bits per heavy atom. The molecule has 1 aliphatic heterocycles. The van der Waals surface area contributed by atoms with Crippen molar-refractivity contribution in [2.45, 2.75) is 129 Å². The Hall–Kier alpha value is -1.51. The molecular formula is C33H48O7. The molecule has 4 aliphatic carbocycles. The van der Waals surface area contributed by atoms with E-state index in [4.69, 9.17) is 18.9 Å². The fourth-order valence-electron chi connectivity index (χ4n) is 11.0. The maximum absolute atomic E-state index is 12.8. The van der Waals surface area contributed by atoms with Gasteiger partial charge in [0.15, 0.2) is 12.6 Å². The van der Waals surface area contributed by atoms with E-state index < -0.39 is 53.2 Å². The molecule has 0 bridgehead atoms. The highest BCUT2D eigenvalue weighted by Gasteiger charge is 2.80. The first-order chi connectivity index (χ1) is 18.4. The van der Waals surface area contributed by atoms with Gasteiger partial charge in [0, 0.05) is 42.3 Å². The highest BCUT2D eigenvalue weighted by atomic mass is 16.8. The molecule has 3 saturated carbocycles. The van der Waals surface area contributed by atoms with Crippen LogP contribution >= 0.6 is 0 Å². The normalized spacial score (nSPS) is 47.6. The van der Waals surface area contributed by atoms with Crippen LogP contribution in [0.3, 0.4) is 0 Å². The van der Waals surface area contributed by atoms with Crippen molar-refractivity contribution in [2.24, 2.45) is 28.6 Å². The quantitative estimate of drug-likeness (QED) is 0.500. The predicted molar refractivity (Wildman–Crippen MR) is 149 cm³/mol. The summed E-state index contributed by atoms with van der Waals surface area (Å²) in [5.41, 5.74) is 1.83. The van der Waals surface area contributed by atoms with Gasteiger partial charge in [-0.1, -0.05) is 60.6 Å². The molecule has 6 rings (SSSR count). The second-order valence-electron chi connectivity index (χ2n) is 15.6. The van der Waals surface area contributed by atoms with Crippen molar-refractivity contribution in [1.29, 1.82) is 0 Å². The van der Waals surface area contributed by atoms with Crippen LogP contribution in [0.15, 0.2) is 12.1 Å². The predicted octanol–water partition coefficient (Wildman–Crippen LogP) is 5.07. The van der Waals surface area contributed by atoms with Crippen LogP contribution in [0.25, 0.3) is 0 Å². The Morgan fingerprint density at radius 3 is 2.40 bits per heavy atom. The van der Waals surface area contributed by atoms with E-state index in [1.165, 1.54) is 18.1 Å². The summed E-state index contributed by atoms with van der Waals surface area (Å²) >= 11 is 0. The Morgan fingerprint density at radius 2 is 1.77 bits per heavy atom. The maximum Gasteiger partial charge on any atom is 0.302 e. The number of aliphatic hydroxyl groups excluding tert-OH is 1. The van der Waals surface area contributed by atoms with E-state index in [-0.39, 0.29) is 28.6 Å². The minimum Gasteiger partial charge on any atom is -0.462 e. The third-order valence-corrected chi connectivity index (χ3v) is 11.8. The molecule has 0 radical (unpaired) electrons. The molecule has 2 N–H and O–H groups in total. The van der Waals surface area contributed by atoms with Gasteiger partial charge in [-0.05, 0) is 59.6 Å². The minimum atomic E-state index is -1.26. The highest BCUT2D eigenvalue weighted by molar-refractivity contribution is 5.66. The molecule has 222 valence electrons. The lowest BCUT2D eigenvalue weighted by molar-refractivity contribution is -0.306. The Balaban J connectivity index is 1.44. The van der Waals surface area contributed by atoms with Crippen molar-refractivity contribution >= 4 is 5.97 Å². The number of carbonyl (C=O) groups excluding carboxylic acids is 1. The van der Waals surface area contributed by atoms with E-state index in [9.17, 15) is 15.0 Å². The van der Waals surface area contributed by atoms with Crippen molar-refractivity contribution < 1.29 is 34.0 Å². The number of rotatable bonds is 4. The van der Waals surface area contributed by atoms with E-state index in [1.807, 2.05) is 0 Å². The molecule has 0 aromatic heterocycles. The van der Waals surface area contributed by atoms with E-state index in [2.05, 4.69) is 67.5 Å². The monoisotopic (exact) mass is 556 g/mol. The molecule has 1 aromatic rings. The van der Waals surface area contributed by atoms with Gasteiger partial charge in [0.2, 0.25) is 0 Å². The Kier molecular flexibility index (Phi) is 6.10. The van der Waals surface area contributed by atoms with E-state index in [0.29, 0.717) is 12.8 Å². The zero-order chi connectivity index (χ0) is 29.4. The number of ether oxygens (including phenoxy) is 4. The van der Waals surface area contributed by atoms with E-state index in [1.54, 1.807) is 7.11 Å². The molecule has 40 heavy (non-hydrogen) atoms. The van der Waals surface area contributed by atoms with Gasteiger partial charge in [0.1, 0.15) is 6.10 Å². The van der Waals surface area contributed by atoms with Gasteiger partial charge >= 0.3 is 5.97 Å². The second kappa shape index (κ2) is 8.53. The summed E-state index contributed by atoms with van der Waals surface area (Å²) in [6.07, 6.45) is -1.15. The average molecular weight is 557 g/mol. The van der Waals surface area contributed by atoms with Crippen molar-refractivity contribution in [3.8, 4) is 0 Å². The van der Waals surface area contributed by atoms with Crippen molar-refractivity contribution in [3.63, 3.8) is 0 Å². The van der Waals surface area contributed by atoms with Gasteiger partial charge in [-0.15, -0.1) is 0 Å². The molecular weight excluding hydrogens is 508 g/mol. The fraction of sp³-hybridized carbons (Fsp3) is 0.788. The SMILES string of the molecule is CO[C@H]1O[C@@H](O[C@H]2[C@H](O)[C@H]3[C@H](C)C[C@H](OC(C)=O)[C@H]4C(C)(C)C[C@@]2(C)[C@@]34O)[C@@]2(C)CC(C)(C)c3ccc(C)c1c32. The molecule has 5 aliphatic rings. The smallest absolute Gasteiger partial charge is 0.302 e. The Bertz CT molecular complexity index is 1240. The molecule has 1 heterocycles. The van der Waals surface area contributed by atoms with Gasteiger partial charge in [-0.25, -0.2) is 0 Å². The van der Waals surface area contributed by atoms with Gasteiger partial charge in [0.25, 0.3) is 0 Å². The topological polar surface area (TPSA) is 94.5 Å². The number of esters is 1. The zero-order valence-corrected chi connectivity index (χ0v) is 25.8. The van der Waals surface area contributed by atoms with Crippen LogP contribution in [0.2, 0.25) is 0 Å². The summed E-state index contributed by atoms with van der Waals surface area (Å²) in [6.45, 7) is 18.7. The molecule has 0 unspecified atom stereocenters. The van der Waals surface area contributed by atoms with Crippen molar-refractivity contribution in [2.75, 3.05) is 7.11 Å². The third-order valence-electron chi connectivity index (χ3n) is 11.8. The number of methoxy groups -OCH3 is 1. The average Bonchev–Trinajstić information content (AvgIpc) is 3.20. The van der Waals surface area contributed by atoms with E-state index in [0.717, 1.165) is 17.5 Å². The molecule has 7 nitrogen and oxygen atoms in total. The first kappa shape index (κ1) is 28.6. The molecule has 7 heteroatoms.